The van der Waals surface area contributed by atoms with Crippen LogP contribution in [0.25, 0.3) is 11.1 Å². The van der Waals surface area contributed by atoms with E-state index in [-0.39, 0.29) is 11.1 Å². The van der Waals surface area contributed by atoms with Gasteiger partial charge in [0.1, 0.15) is 0 Å². The van der Waals surface area contributed by atoms with Crippen molar-refractivity contribution in [2.45, 2.75) is 19.4 Å². The first-order valence-electron chi connectivity index (χ1n) is 6.10. The molecule has 0 unspecified atom stereocenters. The van der Waals surface area contributed by atoms with Gasteiger partial charge in [0.05, 0.1) is 5.56 Å². The number of unbranched alkanes of at least 4 members (excludes halogenated alkanes) is 1. The summed E-state index contributed by atoms with van der Waals surface area (Å²) in [5.74, 6) is -0.0517. The molecule has 2 aromatic heterocycles. The maximum Gasteiger partial charge on any atom is 0.258 e. The molecule has 0 aliphatic heterocycles. The lowest BCUT2D eigenvalue weighted by Crippen LogP contribution is -2.21. The number of aryl methyl sites for hydroxylation is 1. The maximum atomic E-state index is 13.6. The first-order valence-corrected chi connectivity index (χ1v) is 6.64. The predicted molar refractivity (Wildman–Crippen MR) is 73.8 cm³/mol. The van der Waals surface area contributed by atoms with Crippen LogP contribution in [0.5, 0.6) is 0 Å². The highest BCUT2D eigenvalue weighted by Crippen LogP contribution is 2.16. The number of alkyl halides is 1. The topological polar surface area (TPSA) is 34.9 Å². The number of hydrogen-bond donors (Lipinski definition) is 0. The summed E-state index contributed by atoms with van der Waals surface area (Å²) in [6.07, 6.45) is 4.73. The van der Waals surface area contributed by atoms with Gasteiger partial charge in [-0.3, -0.25) is 4.79 Å². The third-order valence-electron chi connectivity index (χ3n) is 2.85. The van der Waals surface area contributed by atoms with Gasteiger partial charge in [0.2, 0.25) is 5.95 Å². The van der Waals surface area contributed by atoms with E-state index in [0.717, 1.165) is 12.8 Å². The van der Waals surface area contributed by atoms with E-state index in [2.05, 4.69) is 4.98 Å². The number of nitrogens with zero attached hydrogens (tertiary/aromatic N) is 2. The summed E-state index contributed by atoms with van der Waals surface area (Å²) in [6, 6.07) is 6.52. The standard InChI is InChI=1S/C14H14ClFN2O/c15-7-1-2-9-18-10-4-6-12(14(18)19)11-5-3-8-17-13(11)16/h3-6,8,10H,1-2,7,9H2. The Morgan fingerprint density at radius 3 is 2.74 bits per heavy atom. The van der Waals surface area contributed by atoms with Gasteiger partial charge in [-0.15, -0.1) is 11.6 Å². The Morgan fingerprint density at radius 2 is 2.00 bits per heavy atom. The van der Waals surface area contributed by atoms with Crippen molar-refractivity contribution in [3.05, 3.63) is 53.0 Å². The summed E-state index contributed by atoms with van der Waals surface area (Å²) < 4.78 is 15.2. The van der Waals surface area contributed by atoms with Gasteiger partial charge in [0, 0.05) is 30.4 Å². The van der Waals surface area contributed by atoms with Crippen molar-refractivity contribution in [1.29, 1.82) is 0 Å². The smallest absolute Gasteiger partial charge is 0.258 e. The first-order chi connectivity index (χ1) is 9.24. The lowest BCUT2D eigenvalue weighted by Gasteiger charge is -2.08. The van der Waals surface area contributed by atoms with Gasteiger partial charge in [-0.1, -0.05) is 0 Å². The van der Waals surface area contributed by atoms with E-state index >= 15 is 0 Å². The molecule has 0 aromatic carbocycles. The molecule has 100 valence electrons. The number of aromatic nitrogens is 2. The van der Waals surface area contributed by atoms with Gasteiger partial charge in [-0.25, -0.2) is 4.98 Å². The van der Waals surface area contributed by atoms with E-state index in [1.165, 1.54) is 6.20 Å². The van der Waals surface area contributed by atoms with Gasteiger partial charge in [-0.05, 0) is 37.1 Å². The average molecular weight is 281 g/mol. The van der Waals surface area contributed by atoms with E-state index in [9.17, 15) is 9.18 Å². The van der Waals surface area contributed by atoms with Crippen LogP contribution in [-0.4, -0.2) is 15.4 Å². The Morgan fingerprint density at radius 1 is 1.21 bits per heavy atom. The van der Waals surface area contributed by atoms with Gasteiger partial charge in [-0.2, -0.15) is 4.39 Å². The maximum absolute atomic E-state index is 13.6. The summed E-state index contributed by atoms with van der Waals surface area (Å²) in [4.78, 5) is 15.8. The Hall–Kier alpha value is -1.68. The molecule has 19 heavy (non-hydrogen) atoms. The predicted octanol–water partition coefficient (Wildman–Crippen LogP) is 3.07. The van der Waals surface area contributed by atoms with Crippen molar-refractivity contribution in [2.24, 2.45) is 0 Å². The average Bonchev–Trinajstić information content (AvgIpc) is 2.42. The molecule has 5 heteroatoms. The Labute approximate surface area is 115 Å². The Kier molecular flexibility index (Phi) is 4.68. The van der Waals surface area contributed by atoms with Crippen molar-refractivity contribution in [3.63, 3.8) is 0 Å². The van der Waals surface area contributed by atoms with Crippen LogP contribution in [0.4, 0.5) is 4.39 Å². The molecule has 3 nitrogen and oxygen atoms in total. The van der Waals surface area contributed by atoms with Crippen LogP contribution in [0, 0.1) is 5.95 Å². The van der Waals surface area contributed by atoms with Crippen LogP contribution in [0.1, 0.15) is 12.8 Å². The Bertz CT molecular complexity index is 612. The SMILES string of the molecule is O=c1c(-c2cccnc2F)cccn1CCCCCl. The molecular formula is C14H14ClFN2O. The number of pyridine rings is 2. The van der Waals surface area contributed by atoms with Crippen LogP contribution >= 0.6 is 11.6 Å². The quantitative estimate of drug-likeness (QED) is 0.479. The molecule has 2 heterocycles. The zero-order valence-corrected chi connectivity index (χ0v) is 11.1. The highest BCUT2D eigenvalue weighted by atomic mass is 35.5. The van der Waals surface area contributed by atoms with Gasteiger partial charge in [0.15, 0.2) is 0 Å². The lowest BCUT2D eigenvalue weighted by atomic mass is 10.1. The molecule has 0 radical (unpaired) electrons. The zero-order valence-electron chi connectivity index (χ0n) is 10.4. The van der Waals surface area contributed by atoms with Crippen molar-refractivity contribution >= 4 is 11.6 Å². The zero-order chi connectivity index (χ0) is 13.7. The van der Waals surface area contributed by atoms with Crippen molar-refractivity contribution in [1.82, 2.24) is 9.55 Å². The van der Waals surface area contributed by atoms with Crippen LogP contribution < -0.4 is 5.56 Å². The van der Waals surface area contributed by atoms with Gasteiger partial charge in [0.25, 0.3) is 5.56 Å². The summed E-state index contributed by atoms with van der Waals surface area (Å²) in [5, 5.41) is 0. The number of rotatable bonds is 5. The summed E-state index contributed by atoms with van der Waals surface area (Å²) in [6.45, 7) is 0.585. The fourth-order valence-electron chi connectivity index (χ4n) is 1.88. The molecule has 0 N–H and O–H groups in total. The van der Waals surface area contributed by atoms with E-state index in [4.69, 9.17) is 11.6 Å². The fraction of sp³-hybridized carbons (Fsp3) is 0.286. The minimum Gasteiger partial charge on any atom is -0.315 e. The van der Waals surface area contributed by atoms with Crippen LogP contribution in [-0.2, 0) is 6.54 Å². The Balaban J connectivity index is 2.35. The lowest BCUT2D eigenvalue weighted by molar-refractivity contribution is 0.585. The molecule has 0 saturated carbocycles. The summed E-state index contributed by atoms with van der Waals surface area (Å²) in [7, 11) is 0. The molecule has 0 amide bonds. The summed E-state index contributed by atoms with van der Waals surface area (Å²) >= 11 is 5.61. The second-order valence-electron chi connectivity index (χ2n) is 4.16. The van der Waals surface area contributed by atoms with E-state index in [1.54, 1.807) is 35.0 Å². The van der Waals surface area contributed by atoms with Crippen molar-refractivity contribution in [2.75, 3.05) is 5.88 Å². The number of hydrogen-bond acceptors (Lipinski definition) is 2. The van der Waals surface area contributed by atoms with Gasteiger partial charge >= 0.3 is 0 Å². The molecular weight excluding hydrogens is 267 g/mol. The molecule has 0 aliphatic carbocycles. The summed E-state index contributed by atoms with van der Waals surface area (Å²) in [5.41, 5.74) is 0.363. The monoisotopic (exact) mass is 280 g/mol. The van der Waals surface area contributed by atoms with E-state index < -0.39 is 5.95 Å². The second kappa shape index (κ2) is 6.48. The van der Waals surface area contributed by atoms with E-state index in [0.29, 0.717) is 18.0 Å². The minimum absolute atomic E-state index is 0.205. The van der Waals surface area contributed by atoms with Crippen LogP contribution in [0.2, 0.25) is 0 Å². The highest BCUT2D eigenvalue weighted by Gasteiger charge is 2.10. The highest BCUT2D eigenvalue weighted by molar-refractivity contribution is 6.17. The van der Waals surface area contributed by atoms with E-state index in [1.807, 2.05) is 0 Å². The fourth-order valence-corrected chi connectivity index (χ4v) is 2.07. The molecule has 0 aliphatic rings. The molecule has 0 spiro atoms. The first kappa shape index (κ1) is 13.7. The van der Waals surface area contributed by atoms with Crippen molar-refractivity contribution < 1.29 is 4.39 Å². The number of halogens is 2. The minimum atomic E-state index is -0.627. The van der Waals surface area contributed by atoms with Crippen molar-refractivity contribution in [3.8, 4) is 11.1 Å². The molecule has 0 fully saturated rings. The third kappa shape index (κ3) is 3.20. The van der Waals surface area contributed by atoms with Crippen LogP contribution in [0.3, 0.4) is 0 Å². The normalized spacial score (nSPS) is 10.6. The van der Waals surface area contributed by atoms with Crippen LogP contribution in [0.15, 0.2) is 41.5 Å². The molecule has 2 aromatic rings. The second-order valence-corrected chi connectivity index (χ2v) is 4.54. The molecule has 0 saturated heterocycles. The van der Waals surface area contributed by atoms with Gasteiger partial charge < -0.3 is 4.57 Å². The largest absolute Gasteiger partial charge is 0.315 e. The molecule has 0 bridgehead atoms. The molecule has 0 atom stereocenters. The molecule has 2 rings (SSSR count). The third-order valence-corrected chi connectivity index (χ3v) is 3.12.